The van der Waals surface area contributed by atoms with E-state index in [1.165, 1.54) is 0 Å². The van der Waals surface area contributed by atoms with Gasteiger partial charge in [0.2, 0.25) is 0 Å². The first-order chi connectivity index (χ1) is 20.3. The van der Waals surface area contributed by atoms with Crippen LogP contribution in [0.2, 0.25) is 0 Å². The van der Waals surface area contributed by atoms with E-state index in [0.717, 1.165) is 44.9 Å². The fourth-order valence-corrected chi connectivity index (χ4v) is 11.2. The van der Waals surface area contributed by atoms with Crippen LogP contribution in [0.4, 0.5) is 0 Å². The molecule has 13 atom stereocenters. The van der Waals surface area contributed by atoms with Crippen molar-refractivity contribution in [2.75, 3.05) is 13.2 Å². The van der Waals surface area contributed by atoms with Gasteiger partial charge in [0.1, 0.15) is 6.10 Å². The van der Waals surface area contributed by atoms with Gasteiger partial charge < -0.3 is 28.8 Å². The van der Waals surface area contributed by atoms with Crippen LogP contribution in [0.15, 0.2) is 0 Å². The van der Waals surface area contributed by atoms with Gasteiger partial charge in [-0.25, -0.2) is 0 Å². The predicted molar refractivity (Wildman–Crippen MR) is 143 cm³/mol. The first-order valence-electron chi connectivity index (χ1n) is 18.3. The summed E-state index contributed by atoms with van der Waals surface area (Å²) in [5.41, 5.74) is -0.00799. The Kier molecular flexibility index (Phi) is 4.69. The molecule has 6 heteroatoms. The third kappa shape index (κ3) is 3.72. The molecule has 3 saturated heterocycles. The summed E-state index contributed by atoms with van der Waals surface area (Å²) in [7, 11) is 0. The van der Waals surface area contributed by atoms with Gasteiger partial charge in [-0.3, -0.25) is 0 Å². The van der Waals surface area contributed by atoms with Crippen molar-refractivity contribution in [3.63, 3.8) is 0 Å². The van der Waals surface area contributed by atoms with Crippen LogP contribution in [-0.4, -0.2) is 60.4 Å². The molecule has 38 heavy (non-hydrogen) atoms. The number of epoxide rings is 1. The number of hydrogen-bond donors (Lipinski definition) is 1. The highest BCUT2D eigenvalue weighted by Gasteiger charge is 2.70. The molecule has 0 aromatic carbocycles. The van der Waals surface area contributed by atoms with E-state index in [4.69, 9.17) is 31.9 Å². The Labute approximate surface area is 238 Å². The van der Waals surface area contributed by atoms with Crippen molar-refractivity contribution in [1.29, 1.82) is 0 Å². The molecule has 4 aliphatic carbocycles. The fourth-order valence-electron chi connectivity index (χ4n) is 11.2. The Hall–Kier alpha value is -0.240. The molecule has 1 N–H and O–H groups in total. The monoisotopic (exact) mass is 538 g/mol. The van der Waals surface area contributed by atoms with E-state index in [1.54, 1.807) is 0 Å². The van der Waals surface area contributed by atoms with Crippen molar-refractivity contribution in [3.05, 3.63) is 0 Å². The van der Waals surface area contributed by atoms with Crippen molar-refractivity contribution in [1.82, 2.24) is 0 Å². The first-order valence-corrected chi connectivity index (χ1v) is 15.3. The van der Waals surface area contributed by atoms with Crippen molar-refractivity contribution >= 4 is 0 Å². The average Bonchev–Trinajstić information content (AvgIpc) is 3.20. The maximum atomic E-state index is 11.5. The van der Waals surface area contributed by atoms with Crippen LogP contribution < -0.4 is 0 Å². The summed E-state index contributed by atoms with van der Waals surface area (Å²) in [4.78, 5) is 0. The molecule has 3 aliphatic heterocycles. The number of ether oxygens (including phenoxy) is 5. The highest BCUT2D eigenvalue weighted by Crippen LogP contribution is 2.71. The van der Waals surface area contributed by atoms with Crippen LogP contribution in [0.25, 0.3) is 0 Å². The lowest BCUT2D eigenvalue weighted by atomic mass is 9.42. The molecule has 0 radical (unpaired) electrons. The summed E-state index contributed by atoms with van der Waals surface area (Å²) in [6.07, 6.45) is 4.40. The Bertz CT molecular complexity index is 1110. The van der Waals surface area contributed by atoms with Gasteiger partial charge in [-0.2, -0.15) is 0 Å². The van der Waals surface area contributed by atoms with Gasteiger partial charge >= 0.3 is 0 Å². The first kappa shape index (κ1) is 20.6. The molecule has 0 aromatic heterocycles. The van der Waals surface area contributed by atoms with E-state index in [9.17, 15) is 5.11 Å². The smallest absolute Gasteiger partial charge is 0.172 e. The molecule has 6 nitrogen and oxygen atoms in total. The summed E-state index contributed by atoms with van der Waals surface area (Å²) in [6, 6.07) is 0. The molecule has 0 unspecified atom stereocenters. The lowest BCUT2D eigenvalue weighted by molar-refractivity contribution is -0.301. The van der Waals surface area contributed by atoms with Crippen molar-refractivity contribution in [3.8, 4) is 0 Å². The lowest BCUT2D eigenvalue weighted by Crippen LogP contribution is -2.65. The highest BCUT2D eigenvalue weighted by molar-refractivity contribution is 5.16. The van der Waals surface area contributed by atoms with Crippen molar-refractivity contribution in [2.24, 2.45) is 52.3 Å². The summed E-state index contributed by atoms with van der Waals surface area (Å²) in [5, 5.41) is 11.5. The van der Waals surface area contributed by atoms with Crippen LogP contribution in [0.3, 0.4) is 0 Å². The topological polar surface area (TPSA) is 69.7 Å². The average molecular weight is 539 g/mol. The molecule has 216 valence electrons. The summed E-state index contributed by atoms with van der Waals surface area (Å²) in [5.74, 6) is -1.07. The van der Waals surface area contributed by atoms with Gasteiger partial charge in [-0.1, -0.05) is 34.5 Å². The fraction of sp³-hybridized carbons (Fsp3) is 1.00. The molecule has 4 saturated carbocycles. The molecule has 7 rings (SSSR count). The number of hydrogen-bond acceptors (Lipinski definition) is 6. The predicted octanol–water partition coefficient (Wildman–Crippen LogP) is 5.55. The second kappa shape index (κ2) is 8.64. The normalized spacial score (nSPS) is 56.8. The third-order valence-corrected chi connectivity index (χ3v) is 12.8. The second-order valence-electron chi connectivity index (χ2n) is 14.9. The van der Waals surface area contributed by atoms with E-state index in [2.05, 4.69) is 20.8 Å². The van der Waals surface area contributed by atoms with Crippen LogP contribution >= 0.6 is 0 Å². The van der Waals surface area contributed by atoms with Crippen molar-refractivity contribution in [2.45, 2.75) is 135 Å². The third-order valence-electron chi connectivity index (χ3n) is 12.8. The Morgan fingerprint density at radius 3 is 2.32 bits per heavy atom. The zero-order chi connectivity index (χ0) is 31.8. The molecule has 0 aromatic rings. The summed E-state index contributed by atoms with van der Waals surface area (Å²) < 4.78 is 78.8. The minimum Gasteiger partial charge on any atom is -0.390 e. The molecule has 1 spiro atoms. The summed E-state index contributed by atoms with van der Waals surface area (Å²) >= 11 is 0. The quantitative estimate of drug-likeness (QED) is 0.474. The van der Waals surface area contributed by atoms with E-state index < -0.39 is 49.5 Å². The van der Waals surface area contributed by atoms with Crippen molar-refractivity contribution < 1.29 is 37.0 Å². The maximum Gasteiger partial charge on any atom is 0.172 e. The van der Waals surface area contributed by atoms with Crippen LogP contribution in [0, 0.1) is 52.3 Å². The Morgan fingerprint density at radius 2 is 1.58 bits per heavy atom. The lowest BCUT2D eigenvalue weighted by Gasteiger charge is -2.65. The van der Waals surface area contributed by atoms with Gasteiger partial charge in [0.15, 0.2) is 11.6 Å². The second-order valence-corrected chi connectivity index (χ2v) is 14.9. The van der Waals surface area contributed by atoms with Gasteiger partial charge in [-0.15, -0.1) is 0 Å². The number of aliphatic hydroxyl groups excluding tert-OH is 1. The zero-order valence-corrected chi connectivity index (χ0v) is 23.8. The van der Waals surface area contributed by atoms with E-state index in [1.807, 2.05) is 13.8 Å². The van der Waals surface area contributed by atoms with Gasteiger partial charge in [0, 0.05) is 20.6 Å². The van der Waals surface area contributed by atoms with E-state index in [-0.39, 0.29) is 40.8 Å². The van der Waals surface area contributed by atoms with Crippen LogP contribution in [0.5, 0.6) is 0 Å². The number of fused-ring (bicyclic) bond motifs is 7. The minimum absolute atomic E-state index is 0.00259. The van der Waals surface area contributed by atoms with E-state index in [0.29, 0.717) is 31.0 Å². The van der Waals surface area contributed by atoms with Crippen LogP contribution in [-0.2, 0) is 23.7 Å². The molecule has 7 fully saturated rings. The summed E-state index contributed by atoms with van der Waals surface area (Å²) in [6.45, 7) is 6.81. The van der Waals surface area contributed by atoms with E-state index >= 15 is 0 Å². The van der Waals surface area contributed by atoms with Gasteiger partial charge in [0.05, 0.1) is 37.6 Å². The minimum atomic E-state index is -2.68. The zero-order valence-electron chi connectivity index (χ0n) is 29.8. The molecular weight excluding hydrogens is 480 g/mol. The molecule has 0 bridgehead atoms. The van der Waals surface area contributed by atoms with Gasteiger partial charge in [-0.05, 0) is 98.7 Å². The number of aliphatic hydroxyl groups is 1. The number of rotatable bonds is 4. The molecule has 7 aliphatic rings. The molecule has 0 amide bonds. The highest BCUT2D eigenvalue weighted by atomic mass is 16.8. The standard InChI is InChI=1S/C32H52O6/c1-17(2)27-28(36-27)26(33)18(3)20-8-9-21-19-15-32(34-12-13-35-32)25-14-23-24(38-29(4,5)37-23)16-31(25,7)22(19)10-11-30(20,21)6/h17-28,33H,8-16H2,1-7H3/t18-,19-,20+,21-,22-,23-,24+,25-,26+,27+,28-,30+,31+/m0/s1/i1D3,2D3. The SMILES string of the molecule is [2H]C([2H])([2H])C([C@H]1O[C@H]1[C@H](O)[C@@H](C)[C@H]1CC[C@H]2[C@@H]3CC4(OCCO4)[C@H]4C[C@@H]5OC(C)(C)O[C@@H]5C[C@]4(C)[C@H]3CC[C@]12C)C([2H])([2H])[2H]. The molecule has 3 heterocycles. The Morgan fingerprint density at radius 1 is 0.868 bits per heavy atom. The van der Waals surface area contributed by atoms with Gasteiger partial charge in [0.25, 0.3) is 0 Å². The maximum absolute atomic E-state index is 11.5. The molecular formula is C32H52O6. The van der Waals surface area contributed by atoms with Crippen LogP contribution in [0.1, 0.15) is 101 Å². The Balaban J connectivity index is 1.12. The largest absolute Gasteiger partial charge is 0.390 e.